The van der Waals surface area contributed by atoms with Crippen LogP contribution in [0.2, 0.25) is 5.02 Å². The highest BCUT2D eigenvalue weighted by Gasteiger charge is 2.50. The molecule has 4 amide bonds. The minimum Gasteiger partial charge on any atom is -0.319 e. The van der Waals surface area contributed by atoms with Crippen LogP contribution in [0, 0.1) is 0 Å². The molecule has 0 radical (unpaired) electrons. The number of carbonyl (C=O) groups is 3. The lowest BCUT2D eigenvalue weighted by Crippen LogP contribution is -2.46. The second-order valence-corrected chi connectivity index (χ2v) is 7.61. The first kappa shape index (κ1) is 18.5. The minimum absolute atomic E-state index is 0.279. The number of nitrogens with zero attached hydrogens (tertiary/aromatic N) is 2. The quantitative estimate of drug-likeness (QED) is 0.809. The van der Waals surface area contributed by atoms with Crippen LogP contribution >= 0.6 is 11.6 Å². The molecule has 0 spiro atoms. The Kier molecular flexibility index (Phi) is 4.59. The highest BCUT2D eigenvalue weighted by atomic mass is 35.5. The standard InChI is InChI=1S/C21H20ClN3O3/c1-21(15-9-3-4-10-16(15)22)19(27)25(20(28)23-21)13-18(26)24-12-6-8-14-7-2-5-11-17(14)24/h2-5,7,9-11H,6,8,12-13H2,1H3,(H,23,28). The Morgan fingerprint density at radius 2 is 1.86 bits per heavy atom. The van der Waals surface area contributed by atoms with Crippen LogP contribution in [0.4, 0.5) is 10.5 Å². The van der Waals surface area contributed by atoms with E-state index in [1.165, 1.54) is 0 Å². The maximum Gasteiger partial charge on any atom is 0.325 e. The van der Waals surface area contributed by atoms with Gasteiger partial charge in [-0.3, -0.25) is 14.5 Å². The molecule has 7 heteroatoms. The third-order valence-electron chi connectivity index (χ3n) is 5.39. The van der Waals surface area contributed by atoms with Crippen LogP contribution < -0.4 is 10.2 Å². The molecule has 2 aliphatic heterocycles. The van der Waals surface area contributed by atoms with E-state index in [0.29, 0.717) is 17.1 Å². The largest absolute Gasteiger partial charge is 0.325 e. The number of imide groups is 1. The predicted molar refractivity (Wildman–Crippen MR) is 106 cm³/mol. The zero-order valence-electron chi connectivity index (χ0n) is 15.4. The molecule has 2 aliphatic rings. The van der Waals surface area contributed by atoms with E-state index in [9.17, 15) is 14.4 Å². The number of amides is 4. The van der Waals surface area contributed by atoms with Gasteiger partial charge >= 0.3 is 6.03 Å². The Bertz CT molecular complexity index is 977. The first-order valence-electron chi connectivity index (χ1n) is 9.19. The summed E-state index contributed by atoms with van der Waals surface area (Å²) in [5.74, 6) is -0.761. The molecule has 2 heterocycles. The Morgan fingerprint density at radius 1 is 1.14 bits per heavy atom. The van der Waals surface area contributed by atoms with Gasteiger partial charge in [0.05, 0.1) is 0 Å². The molecule has 1 unspecified atom stereocenters. The number of nitrogens with one attached hydrogen (secondary N) is 1. The number of halogens is 1. The molecule has 4 rings (SSSR count). The van der Waals surface area contributed by atoms with Crippen molar-refractivity contribution in [2.45, 2.75) is 25.3 Å². The van der Waals surface area contributed by atoms with E-state index in [4.69, 9.17) is 11.6 Å². The first-order chi connectivity index (χ1) is 13.4. The third-order valence-corrected chi connectivity index (χ3v) is 5.72. The van der Waals surface area contributed by atoms with Crippen molar-refractivity contribution in [3.63, 3.8) is 0 Å². The second kappa shape index (κ2) is 6.95. The Hall–Kier alpha value is -2.86. The fraction of sp³-hybridized carbons (Fsp3) is 0.286. The van der Waals surface area contributed by atoms with Crippen molar-refractivity contribution in [1.29, 1.82) is 0 Å². The normalized spacial score (nSPS) is 21.5. The van der Waals surface area contributed by atoms with E-state index < -0.39 is 17.5 Å². The topological polar surface area (TPSA) is 69.7 Å². The van der Waals surface area contributed by atoms with Gasteiger partial charge in [-0.15, -0.1) is 0 Å². The van der Waals surface area contributed by atoms with Crippen molar-refractivity contribution in [1.82, 2.24) is 10.2 Å². The molecule has 1 N–H and O–H groups in total. The van der Waals surface area contributed by atoms with Crippen molar-refractivity contribution < 1.29 is 14.4 Å². The SMILES string of the molecule is CC1(c2ccccc2Cl)NC(=O)N(CC(=O)N2CCCc3ccccc32)C1=O. The fourth-order valence-electron chi connectivity index (χ4n) is 3.90. The summed E-state index contributed by atoms with van der Waals surface area (Å²) in [5, 5.41) is 3.08. The average molecular weight is 398 g/mol. The van der Waals surface area contributed by atoms with Crippen molar-refractivity contribution in [2.75, 3.05) is 18.0 Å². The van der Waals surface area contributed by atoms with E-state index >= 15 is 0 Å². The molecule has 0 aliphatic carbocycles. The number of rotatable bonds is 3. The summed E-state index contributed by atoms with van der Waals surface area (Å²) in [6, 6.07) is 14.0. The van der Waals surface area contributed by atoms with Gasteiger partial charge < -0.3 is 10.2 Å². The predicted octanol–water partition coefficient (Wildman–Crippen LogP) is 3.09. The van der Waals surface area contributed by atoms with Crippen molar-refractivity contribution in [2.24, 2.45) is 0 Å². The summed E-state index contributed by atoms with van der Waals surface area (Å²) in [6.07, 6.45) is 1.76. The lowest BCUT2D eigenvalue weighted by Gasteiger charge is -2.30. The van der Waals surface area contributed by atoms with Crippen LogP contribution in [-0.2, 0) is 21.5 Å². The molecule has 0 saturated carbocycles. The van der Waals surface area contributed by atoms with Gasteiger partial charge in [0.15, 0.2) is 0 Å². The summed E-state index contributed by atoms with van der Waals surface area (Å²) >= 11 is 6.24. The van der Waals surface area contributed by atoms with E-state index in [0.717, 1.165) is 29.0 Å². The van der Waals surface area contributed by atoms with Gasteiger partial charge in [-0.1, -0.05) is 48.0 Å². The van der Waals surface area contributed by atoms with Gasteiger partial charge in [-0.05, 0) is 37.5 Å². The molecule has 6 nitrogen and oxygen atoms in total. The molecule has 0 bridgehead atoms. The molecule has 1 atom stereocenters. The smallest absolute Gasteiger partial charge is 0.319 e. The highest BCUT2D eigenvalue weighted by Crippen LogP contribution is 2.34. The van der Waals surface area contributed by atoms with Gasteiger partial charge in [0.1, 0.15) is 12.1 Å². The number of fused-ring (bicyclic) bond motifs is 1. The Morgan fingerprint density at radius 3 is 2.64 bits per heavy atom. The number of hydrogen-bond donors (Lipinski definition) is 1. The molecular formula is C21H20ClN3O3. The van der Waals surface area contributed by atoms with Crippen LogP contribution in [0.15, 0.2) is 48.5 Å². The van der Waals surface area contributed by atoms with E-state index in [1.807, 2.05) is 24.3 Å². The maximum absolute atomic E-state index is 13.1. The highest BCUT2D eigenvalue weighted by molar-refractivity contribution is 6.32. The number of benzene rings is 2. The maximum atomic E-state index is 13.1. The molecule has 2 aromatic rings. The average Bonchev–Trinajstić information content (AvgIpc) is 2.91. The van der Waals surface area contributed by atoms with Crippen molar-refractivity contribution in [3.05, 3.63) is 64.7 Å². The van der Waals surface area contributed by atoms with E-state index in [1.54, 1.807) is 36.1 Å². The zero-order chi connectivity index (χ0) is 19.9. The van der Waals surface area contributed by atoms with Crippen LogP contribution in [0.5, 0.6) is 0 Å². The molecule has 144 valence electrons. The van der Waals surface area contributed by atoms with Crippen LogP contribution in [0.25, 0.3) is 0 Å². The van der Waals surface area contributed by atoms with Crippen LogP contribution in [0.1, 0.15) is 24.5 Å². The third kappa shape index (κ3) is 2.94. The lowest BCUT2D eigenvalue weighted by atomic mass is 9.92. The van der Waals surface area contributed by atoms with Crippen LogP contribution in [-0.4, -0.2) is 35.8 Å². The monoisotopic (exact) mass is 397 g/mol. The Balaban J connectivity index is 1.58. The summed E-state index contributed by atoms with van der Waals surface area (Å²) in [4.78, 5) is 41.2. The van der Waals surface area contributed by atoms with Gasteiger partial charge in [-0.2, -0.15) is 0 Å². The van der Waals surface area contributed by atoms with Crippen molar-refractivity contribution in [3.8, 4) is 0 Å². The lowest BCUT2D eigenvalue weighted by molar-refractivity contribution is -0.134. The molecule has 1 fully saturated rings. The van der Waals surface area contributed by atoms with Crippen LogP contribution in [0.3, 0.4) is 0 Å². The number of carbonyl (C=O) groups excluding carboxylic acids is 3. The molecule has 2 aromatic carbocycles. The van der Waals surface area contributed by atoms with Crippen molar-refractivity contribution >= 4 is 35.1 Å². The zero-order valence-corrected chi connectivity index (χ0v) is 16.2. The number of urea groups is 1. The summed E-state index contributed by atoms with van der Waals surface area (Å²) in [7, 11) is 0. The first-order valence-corrected chi connectivity index (χ1v) is 9.57. The minimum atomic E-state index is -1.30. The number of para-hydroxylation sites is 1. The number of aryl methyl sites for hydroxylation is 1. The molecule has 0 aromatic heterocycles. The Labute approximate surface area is 168 Å². The van der Waals surface area contributed by atoms with E-state index in [-0.39, 0.29) is 12.5 Å². The summed E-state index contributed by atoms with van der Waals surface area (Å²) < 4.78 is 0. The van der Waals surface area contributed by atoms with E-state index in [2.05, 4.69) is 5.32 Å². The molecule has 28 heavy (non-hydrogen) atoms. The van der Waals surface area contributed by atoms with Gasteiger partial charge in [0.2, 0.25) is 5.91 Å². The second-order valence-electron chi connectivity index (χ2n) is 7.20. The molecular weight excluding hydrogens is 378 g/mol. The van der Waals surface area contributed by atoms with Gasteiger partial charge in [-0.25, -0.2) is 4.79 Å². The fourth-order valence-corrected chi connectivity index (χ4v) is 4.23. The van der Waals surface area contributed by atoms with Gasteiger partial charge in [0, 0.05) is 22.8 Å². The summed E-state index contributed by atoms with van der Waals surface area (Å²) in [5.41, 5.74) is 1.16. The van der Waals surface area contributed by atoms with Gasteiger partial charge in [0.25, 0.3) is 5.91 Å². The number of hydrogen-bond acceptors (Lipinski definition) is 3. The summed E-state index contributed by atoms with van der Waals surface area (Å²) in [6.45, 7) is 1.87. The molecule has 1 saturated heterocycles. The number of anilines is 1.